The molecular weight excluding hydrogens is 556 g/mol. The van der Waals surface area contributed by atoms with Crippen molar-refractivity contribution in [3.8, 4) is 0 Å². The average molecular weight is 599 g/mol. The van der Waals surface area contributed by atoms with Gasteiger partial charge < -0.3 is 28.4 Å². The van der Waals surface area contributed by atoms with Gasteiger partial charge in [-0.25, -0.2) is 0 Å². The van der Waals surface area contributed by atoms with E-state index in [1.807, 2.05) is 121 Å². The van der Waals surface area contributed by atoms with Gasteiger partial charge in [0.25, 0.3) is 0 Å². The van der Waals surface area contributed by atoms with E-state index in [1.165, 1.54) is 14.0 Å². The van der Waals surface area contributed by atoms with Crippen molar-refractivity contribution in [3.05, 3.63) is 144 Å². The minimum absolute atomic E-state index is 0.258. The number of hydrogen-bond acceptors (Lipinski definition) is 7. The van der Waals surface area contributed by atoms with Gasteiger partial charge in [0.2, 0.25) is 6.29 Å². The molecule has 4 unspecified atom stereocenters. The number of ether oxygens (including phenoxy) is 6. The molecule has 4 aromatic carbocycles. The van der Waals surface area contributed by atoms with E-state index in [-0.39, 0.29) is 6.61 Å². The second-order valence-electron chi connectivity index (χ2n) is 10.4. The minimum atomic E-state index is -1.04. The Morgan fingerprint density at radius 3 is 1.41 bits per heavy atom. The van der Waals surface area contributed by atoms with Gasteiger partial charge in [-0.15, -0.1) is 0 Å². The van der Waals surface area contributed by atoms with E-state index >= 15 is 0 Å². The van der Waals surface area contributed by atoms with E-state index in [2.05, 4.69) is 0 Å². The van der Waals surface area contributed by atoms with E-state index in [4.69, 9.17) is 28.4 Å². The lowest BCUT2D eigenvalue weighted by Crippen LogP contribution is -2.50. The molecule has 0 aliphatic rings. The van der Waals surface area contributed by atoms with Gasteiger partial charge in [0.15, 0.2) is 0 Å². The van der Waals surface area contributed by atoms with Gasteiger partial charge in [-0.05, 0) is 28.7 Å². The molecule has 7 heteroatoms. The summed E-state index contributed by atoms with van der Waals surface area (Å²) in [5.41, 5.74) is 4.06. The van der Waals surface area contributed by atoms with E-state index in [0.29, 0.717) is 32.8 Å². The number of rotatable bonds is 19. The topological polar surface area (TPSA) is 72.5 Å². The van der Waals surface area contributed by atoms with Crippen molar-refractivity contribution in [1.82, 2.24) is 0 Å². The molecule has 0 saturated heterocycles. The molecule has 0 heterocycles. The van der Waals surface area contributed by atoms with Crippen LogP contribution >= 0.6 is 0 Å². The Kier molecular flexibility index (Phi) is 14.1. The Balaban J connectivity index is 1.61. The molecule has 0 aliphatic heterocycles. The van der Waals surface area contributed by atoms with Gasteiger partial charge in [0.1, 0.15) is 12.2 Å². The molecule has 7 nitrogen and oxygen atoms in total. The highest BCUT2D eigenvalue weighted by atomic mass is 16.7. The van der Waals surface area contributed by atoms with Gasteiger partial charge >= 0.3 is 5.97 Å². The lowest BCUT2D eigenvalue weighted by Gasteiger charge is -2.36. The Morgan fingerprint density at radius 2 is 0.977 bits per heavy atom. The zero-order valence-corrected chi connectivity index (χ0v) is 25.5. The molecule has 0 aliphatic carbocycles. The van der Waals surface area contributed by atoms with Crippen LogP contribution in [-0.2, 0) is 59.6 Å². The maximum absolute atomic E-state index is 12.2. The molecule has 0 fully saturated rings. The fourth-order valence-corrected chi connectivity index (χ4v) is 4.77. The maximum Gasteiger partial charge on any atom is 0.305 e. The first kappa shape index (κ1) is 33.1. The fraction of sp³-hybridized carbons (Fsp3) is 0.324. The molecule has 232 valence electrons. The van der Waals surface area contributed by atoms with Crippen LogP contribution in [0, 0.1) is 0 Å². The number of methoxy groups -OCH3 is 1. The number of carbonyl (C=O) groups excluding carboxylic acids is 1. The molecule has 0 amide bonds. The highest BCUT2D eigenvalue weighted by Gasteiger charge is 2.40. The van der Waals surface area contributed by atoms with Crippen molar-refractivity contribution in [2.24, 2.45) is 0 Å². The van der Waals surface area contributed by atoms with Crippen LogP contribution in [0.1, 0.15) is 35.6 Å². The lowest BCUT2D eigenvalue weighted by molar-refractivity contribution is -0.244. The Hall–Kier alpha value is -3.85. The zero-order valence-electron chi connectivity index (χ0n) is 25.5. The Labute approximate surface area is 260 Å². The van der Waals surface area contributed by atoms with Crippen molar-refractivity contribution in [2.45, 2.75) is 64.4 Å². The summed E-state index contributed by atoms with van der Waals surface area (Å²) < 4.78 is 37.1. The number of carbonyl (C=O) groups is 1. The van der Waals surface area contributed by atoms with Crippen molar-refractivity contribution in [1.29, 1.82) is 0 Å². The number of hydrogen-bond donors (Lipinski definition) is 0. The summed E-state index contributed by atoms with van der Waals surface area (Å²) in [6, 6.07) is 39.7. The predicted octanol–water partition coefficient (Wildman–Crippen LogP) is 6.89. The van der Waals surface area contributed by atoms with Gasteiger partial charge in [-0.3, -0.25) is 4.79 Å². The fourth-order valence-electron chi connectivity index (χ4n) is 4.77. The smallest absolute Gasteiger partial charge is 0.305 e. The van der Waals surface area contributed by atoms with Crippen LogP contribution in [-0.4, -0.2) is 44.3 Å². The summed E-state index contributed by atoms with van der Waals surface area (Å²) in [5, 5.41) is 0. The summed E-state index contributed by atoms with van der Waals surface area (Å²) in [4.78, 5) is 12.2. The van der Waals surface area contributed by atoms with Crippen LogP contribution in [0.2, 0.25) is 0 Å². The molecule has 4 rings (SSSR count). The van der Waals surface area contributed by atoms with E-state index in [0.717, 1.165) is 22.3 Å². The first-order valence-corrected chi connectivity index (χ1v) is 14.9. The van der Waals surface area contributed by atoms with Gasteiger partial charge in [-0.1, -0.05) is 121 Å². The van der Waals surface area contributed by atoms with Crippen molar-refractivity contribution in [2.75, 3.05) is 13.7 Å². The Morgan fingerprint density at radius 1 is 0.568 bits per heavy atom. The normalized spacial score (nSPS) is 14.0. The third-order valence-electron chi connectivity index (χ3n) is 7.01. The van der Waals surface area contributed by atoms with Crippen LogP contribution in [0.15, 0.2) is 121 Å². The highest BCUT2D eigenvalue weighted by molar-refractivity contribution is 5.66. The first-order chi connectivity index (χ1) is 21.6. The second kappa shape index (κ2) is 18.7. The van der Waals surface area contributed by atoms with Crippen LogP contribution < -0.4 is 0 Å². The highest BCUT2D eigenvalue weighted by Crippen LogP contribution is 2.25. The summed E-state index contributed by atoms with van der Waals surface area (Å²) >= 11 is 0. The molecular formula is C37H42O7. The minimum Gasteiger partial charge on any atom is -0.433 e. The molecule has 0 spiro atoms. The average Bonchev–Trinajstić information content (AvgIpc) is 3.07. The summed E-state index contributed by atoms with van der Waals surface area (Å²) in [5.74, 6) is -0.486. The third kappa shape index (κ3) is 11.3. The SMILES string of the molecule is COC(OC(C)=O)C(OCc1ccccc1)C(OCc1ccccc1)C(CCOCc1ccccc1)OCc1ccccc1. The maximum atomic E-state index is 12.2. The van der Waals surface area contributed by atoms with Gasteiger partial charge in [0.05, 0.1) is 32.5 Å². The standard InChI is InChI=1S/C37H42O7/c1-29(38)44-37(39-2)36(43-28-33-21-13-6-14-22-33)35(42-27-32-19-11-5-12-20-32)34(41-26-31-17-9-4-10-18-31)23-24-40-25-30-15-7-3-8-16-30/h3-22,34-37H,23-28H2,1-2H3. The molecule has 4 atom stereocenters. The third-order valence-corrected chi connectivity index (χ3v) is 7.01. The molecule has 0 radical (unpaired) electrons. The van der Waals surface area contributed by atoms with Crippen LogP contribution in [0.4, 0.5) is 0 Å². The monoisotopic (exact) mass is 598 g/mol. The summed E-state index contributed by atoms with van der Waals surface area (Å²) in [7, 11) is 1.49. The molecule has 4 aromatic rings. The zero-order chi connectivity index (χ0) is 30.8. The summed E-state index contributed by atoms with van der Waals surface area (Å²) in [6.45, 7) is 3.14. The summed E-state index contributed by atoms with van der Waals surface area (Å²) in [6.07, 6.45) is -2.54. The molecule has 0 saturated carbocycles. The number of esters is 1. The van der Waals surface area contributed by atoms with E-state index in [9.17, 15) is 4.79 Å². The van der Waals surface area contributed by atoms with Crippen molar-refractivity contribution >= 4 is 5.97 Å². The van der Waals surface area contributed by atoms with Gasteiger partial charge in [-0.2, -0.15) is 0 Å². The van der Waals surface area contributed by atoms with Crippen LogP contribution in [0.25, 0.3) is 0 Å². The molecule has 0 N–H and O–H groups in total. The van der Waals surface area contributed by atoms with E-state index in [1.54, 1.807) is 0 Å². The molecule has 0 aromatic heterocycles. The van der Waals surface area contributed by atoms with Crippen molar-refractivity contribution in [3.63, 3.8) is 0 Å². The lowest BCUT2D eigenvalue weighted by atomic mass is 10.0. The van der Waals surface area contributed by atoms with Crippen molar-refractivity contribution < 1.29 is 33.2 Å². The predicted molar refractivity (Wildman–Crippen MR) is 168 cm³/mol. The molecule has 0 bridgehead atoms. The van der Waals surface area contributed by atoms with Gasteiger partial charge in [0, 0.05) is 20.6 Å². The first-order valence-electron chi connectivity index (χ1n) is 14.9. The van der Waals surface area contributed by atoms with Crippen LogP contribution in [0.3, 0.4) is 0 Å². The second-order valence-corrected chi connectivity index (χ2v) is 10.4. The largest absolute Gasteiger partial charge is 0.433 e. The van der Waals surface area contributed by atoms with E-state index < -0.39 is 30.6 Å². The number of benzene rings is 4. The molecule has 44 heavy (non-hydrogen) atoms. The Bertz CT molecular complexity index is 1320. The van der Waals surface area contributed by atoms with Crippen LogP contribution in [0.5, 0.6) is 0 Å². The quantitative estimate of drug-likeness (QED) is 0.0662.